The predicted octanol–water partition coefficient (Wildman–Crippen LogP) is 2.27. The molecule has 0 radical (unpaired) electrons. The standard InChI is InChI=1S/C13H21NO4/c1-5-6-9-7-10(11(15)16)14(8-9)12(17)18-13(2,3)4/h5,9-10H,1,6-8H2,2-4H3,(H,15,16)/t9-,10+/m1/s1. The van der Waals surface area contributed by atoms with E-state index in [1.807, 2.05) is 0 Å². The lowest BCUT2D eigenvalue weighted by Crippen LogP contribution is -2.43. The van der Waals surface area contributed by atoms with Gasteiger partial charge in [0.1, 0.15) is 11.6 Å². The Morgan fingerprint density at radius 3 is 2.56 bits per heavy atom. The van der Waals surface area contributed by atoms with Gasteiger partial charge in [-0.1, -0.05) is 6.08 Å². The summed E-state index contributed by atoms with van der Waals surface area (Å²) in [5.41, 5.74) is -0.614. The first-order valence-electron chi connectivity index (χ1n) is 6.08. The summed E-state index contributed by atoms with van der Waals surface area (Å²) in [4.78, 5) is 24.4. The van der Waals surface area contributed by atoms with Crippen LogP contribution in [0.2, 0.25) is 0 Å². The fraction of sp³-hybridized carbons (Fsp3) is 0.692. The van der Waals surface area contributed by atoms with Crippen molar-refractivity contribution in [3.05, 3.63) is 12.7 Å². The van der Waals surface area contributed by atoms with Crippen LogP contribution in [0.4, 0.5) is 4.79 Å². The topological polar surface area (TPSA) is 66.8 Å². The number of allylic oxidation sites excluding steroid dienone is 1. The molecule has 1 amide bonds. The lowest BCUT2D eigenvalue weighted by atomic mass is 10.0. The smallest absolute Gasteiger partial charge is 0.411 e. The van der Waals surface area contributed by atoms with Crippen molar-refractivity contribution in [2.45, 2.75) is 45.3 Å². The van der Waals surface area contributed by atoms with Crippen molar-refractivity contribution in [3.8, 4) is 0 Å². The number of aliphatic carboxylic acids is 1. The van der Waals surface area contributed by atoms with E-state index in [2.05, 4.69) is 6.58 Å². The van der Waals surface area contributed by atoms with Crippen LogP contribution in [-0.4, -0.2) is 40.3 Å². The molecule has 1 N–H and O–H groups in total. The van der Waals surface area contributed by atoms with Crippen molar-refractivity contribution in [3.63, 3.8) is 0 Å². The lowest BCUT2D eigenvalue weighted by Gasteiger charge is -2.26. The van der Waals surface area contributed by atoms with Gasteiger partial charge >= 0.3 is 12.1 Å². The molecule has 5 nitrogen and oxygen atoms in total. The lowest BCUT2D eigenvalue weighted by molar-refractivity contribution is -0.142. The number of hydrogen-bond acceptors (Lipinski definition) is 3. The highest BCUT2D eigenvalue weighted by Gasteiger charge is 2.40. The molecule has 0 spiro atoms. The Morgan fingerprint density at radius 2 is 2.11 bits per heavy atom. The van der Waals surface area contributed by atoms with Crippen molar-refractivity contribution in [1.29, 1.82) is 0 Å². The predicted molar refractivity (Wildman–Crippen MR) is 67.3 cm³/mol. The van der Waals surface area contributed by atoms with Gasteiger partial charge in [0.2, 0.25) is 0 Å². The molecule has 102 valence electrons. The molecule has 0 aromatic carbocycles. The summed E-state index contributed by atoms with van der Waals surface area (Å²) in [6.07, 6.45) is 2.37. The van der Waals surface area contributed by atoms with E-state index >= 15 is 0 Å². The number of carboxylic acid groups (broad SMARTS) is 1. The molecule has 0 saturated carbocycles. The molecule has 0 aromatic heterocycles. The number of carboxylic acids is 1. The van der Waals surface area contributed by atoms with Crippen LogP contribution in [-0.2, 0) is 9.53 Å². The van der Waals surface area contributed by atoms with E-state index in [9.17, 15) is 9.59 Å². The van der Waals surface area contributed by atoms with E-state index in [0.717, 1.165) is 0 Å². The summed E-state index contributed by atoms with van der Waals surface area (Å²) in [6.45, 7) is 9.34. The molecule has 1 saturated heterocycles. The third-order valence-electron chi connectivity index (χ3n) is 2.80. The largest absolute Gasteiger partial charge is 0.480 e. The molecule has 0 aliphatic carbocycles. The minimum atomic E-state index is -0.979. The molecular formula is C13H21NO4. The number of amides is 1. The number of hydrogen-bond donors (Lipinski definition) is 1. The zero-order valence-electron chi connectivity index (χ0n) is 11.2. The van der Waals surface area contributed by atoms with Crippen LogP contribution in [0, 0.1) is 5.92 Å². The Morgan fingerprint density at radius 1 is 1.50 bits per heavy atom. The van der Waals surface area contributed by atoms with Gasteiger partial charge in [-0.25, -0.2) is 9.59 Å². The van der Waals surface area contributed by atoms with Crippen molar-refractivity contribution < 1.29 is 19.4 Å². The Kier molecular flexibility index (Phi) is 4.38. The highest BCUT2D eigenvalue weighted by atomic mass is 16.6. The van der Waals surface area contributed by atoms with Gasteiger partial charge in [0.25, 0.3) is 0 Å². The highest BCUT2D eigenvalue weighted by Crippen LogP contribution is 2.27. The van der Waals surface area contributed by atoms with Crippen LogP contribution < -0.4 is 0 Å². The number of ether oxygens (including phenoxy) is 1. The van der Waals surface area contributed by atoms with E-state index in [4.69, 9.17) is 9.84 Å². The van der Waals surface area contributed by atoms with Crippen LogP contribution in [0.5, 0.6) is 0 Å². The molecule has 0 aromatic rings. The molecule has 1 aliphatic heterocycles. The summed E-state index contributed by atoms with van der Waals surface area (Å²) in [5, 5.41) is 9.14. The quantitative estimate of drug-likeness (QED) is 0.786. The molecule has 0 unspecified atom stereocenters. The fourth-order valence-electron chi connectivity index (χ4n) is 2.09. The number of carbonyl (C=O) groups is 2. The van der Waals surface area contributed by atoms with Crippen LogP contribution in [0.25, 0.3) is 0 Å². The summed E-state index contributed by atoms with van der Waals surface area (Å²) in [6, 6.07) is -0.787. The summed E-state index contributed by atoms with van der Waals surface area (Å²) in [5.74, 6) is -0.830. The van der Waals surface area contributed by atoms with E-state index < -0.39 is 23.7 Å². The van der Waals surface area contributed by atoms with Crippen molar-refractivity contribution in [1.82, 2.24) is 4.90 Å². The van der Waals surface area contributed by atoms with Crippen LogP contribution >= 0.6 is 0 Å². The SMILES string of the molecule is C=CC[C@@H]1C[C@@H](C(=O)O)N(C(=O)OC(C)(C)C)C1. The van der Waals surface area contributed by atoms with Gasteiger partial charge in [0.15, 0.2) is 0 Å². The second kappa shape index (κ2) is 5.42. The third kappa shape index (κ3) is 3.75. The Labute approximate surface area is 107 Å². The number of carbonyl (C=O) groups excluding carboxylic acids is 1. The Hall–Kier alpha value is -1.52. The van der Waals surface area contributed by atoms with E-state index in [0.29, 0.717) is 19.4 Å². The second-order valence-electron chi connectivity index (χ2n) is 5.61. The first-order chi connectivity index (χ1) is 8.24. The number of nitrogens with zero attached hydrogens (tertiary/aromatic N) is 1. The Balaban J connectivity index is 2.75. The molecule has 5 heteroatoms. The number of rotatable bonds is 3. The molecule has 0 bridgehead atoms. The first-order valence-corrected chi connectivity index (χ1v) is 6.08. The third-order valence-corrected chi connectivity index (χ3v) is 2.80. The molecular weight excluding hydrogens is 234 g/mol. The van der Waals surface area contributed by atoms with Crippen LogP contribution in [0.1, 0.15) is 33.6 Å². The zero-order valence-corrected chi connectivity index (χ0v) is 11.2. The number of likely N-dealkylation sites (tertiary alicyclic amines) is 1. The second-order valence-corrected chi connectivity index (χ2v) is 5.61. The van der Waals surface area contributed by atoms with Gasteiger partial charge in [0, 0.05) is 6.54 Å². The van der Waals surface area contributed by atoms with Gasteiger partial charge in [-0.2, -0.15) is 0 Å². The monoisotopic (exact) mass is 255 g/mol. The molecule has 18 heavy (non-hydrogen) atoms. The van der Waals surface area contributed by atoms with E-state index in [-0.39, 0.29) is 5.92 Å². The van der Waals surface area contributed by atoms with Crippen molar-refractivity contribution in [2.75, 3.05) is 6.54 Å². The molecule has 1 fully saturated rings. The van der Waals surface area contributed by atoms with Gasteiger partial charge < -0.3 is 9.84 Å². The van der Waals surface area contributed by atoms with Crippen molar-refractivity contribution >= 4 is 12.1 Å². The minimum Gasteiger partial charge on any atom is -0.480 e. The maximum Gasteiger partial charge on any atom is 0.411 e. The van der Waals surface area contributed by atoms with Gasteiger partial charge in [-0.3, -0.25) is 4.90 Å². The first kappa shape index (κ1) is 14.5. The van der Waals surface area contributed by atoms with Crippen LogP contribution in [0.15, 0.2) is 12.7 Å². The van der Waals surface area contributed by atoms with Gasteiger partial charge in [0.05, 0.1) is 0 Å². The molecule has 2 atom stereocenters. The zero-order chi connectivity index (χ0) is 13.9. The normalized spacial score (nSPS) is 23.8. The molecule has 1 rings (SSSR count). The van der Waals surface area contributed by atoms with Crippen molar-refractivity contribution in [2.24, 2.45) is 5.92 Å². The van der Waals surface area contributed by atoms with E-state index in [1.54, 1.807) is 26.8 Å². The van der Waals surface area contributed by atoms with Crippen LogP contribution in [0.3, 0.4) is 0 Å². The van der Waals surface area contributed by atoms with E-state index in [1.165, 1.54) is 4.90 Å². The van der Waals surface area contributed by atoms with Gasteiger partial charge in [-0.05, 0) is 39.5 Å². The average Bonchev–Trinajstić information content (AvgIpc) is 2.59. The fourth-order valence-corrected chi connectivity index (χ4v) is 2.09. The summed E-state index contributed by atoms with van der Waals surface area (Å²) in [7, 11) is 0. The average molecular weight is 255 g/mol. The molecule has 1 aliphatic rings. The maximum absolute atomic E-state index is 11.9. The van der Waals surface area contributed by atoms with Gasteiger partial charge in [-0.15, -0.1) is 6.58 Å². The summed E-state index contributed by atoms with van der Waals surface area (Å²) >= 11 is 0. The highest BCUT2D eigenvalue weighted by molar-refractivity contribution is 5.81. The maximum atomic E-state index is 11.9. The molecule has 1 heterocycles. The Bertz CT molecular complexity index is 345. The summed E-state index contributed by atoms with van der Waals surface area (Å²) < 4.78 is 5.23. The minimum absolute atomic E-state index is 0.149.